The normalized spacial score (nSPS) is 22.1. The zero-order valence-electron chi connectivity index (χ0n) is 25.3. The van der Waals surface area contributed by atoms with Crippen LogP contribution in [0.3, 0.4) is 0 Å². The number of carbonyl (C=O) groups excluding carboxylic acids is 1. The highest BCUT2D eigenvalue weighted by Crippen LogP contribution is 2.40. The summed E-state index contributed by atoms with van der Waals surface area (Å²) < 4.78 is 34.0. The van der Waals surface area contributed by atoms with Crippen molar-refractivity contribution in [1.29, 1.82) is 0 Å². The lowest BCUT2D eigenvalue weighted by Gasteiger charge is -2.48. The maximum absolute atomic E-state index is 13.8. The minimum Gasteiger partial charge on any atom is -0.494 e. The van der Waals surface area contributed by atoms with Crippen molar-refractivity contribution in [2.24, 2.45) is 24.6 Å². The molecule has 2 aliphatic carbocycles. The Hall–Kier alpha value is -3.37. The number of nitrogens with two attached hydrogens (primary N) is 1. The fourth-order valence-electron chi connectivity index (χ4n) is 7.45. The molecule has 1 amide bonds. The van der Waals surface area contributed by atoms with Crippen molar-refractivity contribution in [1.82, 2.24) is 19.0 Å². The van der Waals surface area contributed by atoms with Gasteiger partial charge in [0.05, 0.1) is 29.6 Å². The van der Waals surface area contributed by atoms with Crippen LogP contribution in [0.2, 0.25) is 0 Å². The van der Waals surface area contributed by atoms with E-state index in [9.17, 15) is 13.2 Å². The van der Waals surface area contributed by atoms with E-state index in [1.54, 1.807) is 7.11 Å². The molecule has 4 aromatic rings. The SMILES string of the molecule is COc1cc(C(=O)N2C[C@H]3CC[C@@H]2C[C@@H]3N)cc2nc(-c3cc4cccc(CCCS(C)(=O)=O)c4n3CC3CC3)n(C)c12. The van der Waals surface area contributed by atoms with Crippen LogP contribution in [0.15, 0.2) is 36.4 Å². The van der Waals surface area contributed by atoms with Crippen LogP contribution in [0.4, 0.5) is 0 Å². The Morgan fingerprint density at radius 1 is 1.12 bits per heavy atom. The second-order valence-electron chi connectivity index (χ2n) is 13.1. The lowest BCUT2D eigenvalue weighted by Crippen LogP contribution is -2.58. The van der Waals surface area contributed by atoms with Crippen LogP contribution >= 0.6 is 0 Å². The number of aromatic nitrogens is 3. The first-order valence-electron chi connectivity index (χ1n) is 15.5. The second-order valence-corrected chi connectivity index (χ2v) is 15.3. The number of amides is 1. The smallest absolute Gasteiger partial charge is 0.254 e. The van der Waals surface area contributed by atoms with Crippen LogP contribution in [0, 0.1) is 11.8 Å². The van der Waals surface area contributed by atoms with E-state index < -0.39 is 9.84 Å². The first-order valence-corrected chi connectivity index (χ1v) is 17.6. The molecule has 43 heavy (non-hydrogen) atoms. The third-order valence-electron chi connectivity index (χ3n) is 9.89. The van der Waals surface area contributed by atoms with Crippen molar-refractivity contribution < 1.29 is 17.9 Å². The molecule has 2 aromatic carbocycles. The number of sulfone groups is 1. The summed E-state index contributed by atoms with van der Waals surface area (Å²) in [4.78, 5) is 21.0. The molecule has 3 atom stereocenters. The number of piperidine rings is 2. The largest absolute Gasteiger partial charge is 0.494 e. The fraction of sp³-hybridized carbons (Fsp3) is 0.515. The number of aryl methyl sites for hydroxylation is 2. The molecule has 2 aromatic heterocycles. The lowest BCUT2D eigenvalue weighted by molar-refractivity contribution is 0.0261. The Bertz CT molecular complexity index is 1840. The molecule has 0 unspecified atom stereocenters. The van der Waals surface area contributed by atoms with Crippen LogP contribution in [-0.2, 0) is 29.9 Å². The topological polar surface area (TPSA) is 112 Å². The van der Waals surface area contributed by atoms with Gasteiger partial charge in [0.2, 0.25) is 0 Å². The van der Waals surface area contributed by atoms with Gasteiger partial charge in [-0.1, -0.05) is 18.2 Å². The van der Waals surface area contributed by atoms with Gasteiger partial charge in [-0.3, -0.25) is 4.79 Å². The maximum Gasteiger partial charge on any atom is 0.254 e. The minimum atomic E-state index is -3.02. The number of nitrogens with zero attached hydrogens (tertiary/aromatic N) is 4. The molecule has 4 heterocycles. The quantitative estimate of drug-likeness (QED) is 0.301. The Balaban J connectivity index is 1.30. The third kappa shape index (κ3) is 5.22. The molecule has 2 aliphatic heterocycles. The summed E-state index contributed by atoms with van der Waals surface area (Å²) in [6.45, 7) is 1.61. The average Bonchev–Trinajstić information content (AvgIpc) is 3.64. The molecule has 228 valence electrons. The number of rotatable bonds is 9. The second kappa shape index (κ2) is 10.7. The first-order chi connectivity index (χ1) is 20.6. The van der Waals surface area contributed by atoms with Crippen molar-refractivity contribution >= 4 is 37.7 Å². The van der Waals surface area contributed by atoms with Crippen LogP contribution in [0.25, 0.3) is 33.5 Å². The molecule has 2 N–H and O–H groups in total. The predicted octanol–water partition coefficient (Wildman–Crippen LogP) is 4.54. The molecule has 2 bridgehead atoms. The van der Waals surface area contributed by atoms with E-state index in [1.807, 2.05) is 24.1 Å². The molecule has 8 rings (SSSR count). The average molecular weight is 604 g/mol. The summed E-state index contributed by atoms with van der Waals surface area (Å²) in [5.41, 5.74) is 11.9. The van der Waals surface area contributed by atoms with Gasteiger partial charge in [0.25, 0.3) is 5.91 Å². The number of benzene rings is 2. The van der Waals surface area contributed by atoms with Crippen LogP contribution in [-0.4, -0.2) is 71.1 Å². The van der Waals surface area contributed by atoms with Crippen molar-refractivity contribution in [3.8, 4) is 17.3 Å². The van der Waals surface area contributed by atoms with E-state index in [-0.39, 0.29) is 23.7 Å². The van der Waals surface area contributed by atoms with Crippen molar-refractivity contribution in [2.75, 3.05) is 25.7 Å². The molecule has 0 radical (unpaired) electrons. The standard InChI is InChI=1S/C33H41N5O4S/c1-36-31-27(14-24(16-29(31)42-2)33(39)37-19-23-11-12-25(37)17-26(23)34)35-32(36)28-15-22-7-4-6-21(8-5-13-43(3,40)41)30(22)38(28)18-20-9-10-20/h4,6-7,14-16,20,23,25-26H,5,8-13,17-19,34H2,1-3H3/t23-,25-,26+/m1/s1. The Kier molecular flexibility index (Phi) is 7.04. The van der Waals surface area contributed by atoms with Gasteiger partial charge < -0.3 is 24.5 Å². The first kappa shape index (κ1) is 28.4. The van der Waals surface area contributed by atoms with Gasteiger partial charge in [0.1, 0.15) is 21.1 Å². The summed E-state index contributed by atoms with van der Waals surface area (Å²) >= 11 is 0. The monoisotopic (exact) mass is 603 g/mol. The summed E-state index contributed by atoms with van der Waals surface area (Å²) in [7, 11) is 0.631. The lowest BCUT2D eigenvalue weighted by atomic mass is 9.76. The molecule has 10 heteroatoms. The van der Waals surface area contributed by atoms with Crippen LogP contribution in [0.5, 0.6) is 5.75 Å². The zero-order chi connectivity index (χ0) is 30.0. The number of hydrogen-bond donors (Lipinski definition) is 1. The minimum absolute atomic E-state index is 0.0237. The number of methoxy groups -OCH3 is 1. The summed E-state index contributed by atoms with van der Waals surface area (Å²) in [5.74, 6) is 2.64. The van der Waals surface area contributed by atoms with Crippen molar-refractivity contribution in [3.05, 3.63) is 47.5 Å². The molecule has 4 fully saturated rings. The number of carbonyl (C=O) groups is 1. The van der Waals surface area contributed by atoms with Crippen LogP contribution < -0.4 is 10.5 Å². The van der Waals surface area contributed by atoms with E-state index in [0.29, 0.717) is 42.5 Å². The van der Waals surface area contributed by atoms with E-state index in [1.165, 1.54) is 19.1 Å². The van der Waals surface area contributed by atoms with Crippen molar-refractivity contribution in [2.45, 2.75) is 63.6 Å². The highest BCUT2D eigenvalue weighted by molar-refractivity contribution is 7.90. The highest BCUT2D eigenvalue weighted by atomic mass is 32.2. The van der Waals surface area contributed by atoms with Gasteiger partial charge in [-0.05, 0) is 80.5 Å². The third-order valence-corrected chi connectivity index (χ3v) is 10.9. The van der Waals surface area contributed by atoms with Gasteiger partial charge in [-0.15, -0.1) is 0 Å². The van der Waals surface area contributed by atoms with E-state index >= 15 is 0 Å². The number of hydrogen-bond acceptors (Lipinski definition) is 6. The number of ether oxygens (including phenoxy) is 1. The number of para-hydroxylation sites is 1. The Morgan fingerprint density at radius 2 is 1.93 bits per heavy atom. The van der Waals surface area contributed by atoms with Crippen molar-refractivity contribution in [3.63, 3.8) is 0 Å². The Morgan fingerprint density at radius 3 is 2.60 bits per heavy atom. The summed E-state index contributed by atoms with van der Waals surface area (Å²) in [5, 5.41) is 1.13. The van der Waals surface area contributed by atoms with Crippen LogP contribution in [0.1, 0.15) is 54.4 Å². The summed E-state index contributed by atoms with van der Waals surface area (Å²) in [6.07, 6.45) is 7.98. The van der Waals surface area contributed by atoms with E-state index in [2.05, 4.69) is 33.4 Å². The molecule has 0 spiro atoms. The van der Waals surface area contributed by atoms with Gasteiger partial charge in [-0.25, -0.2) is 13.4 Å². The Labute approximate surface area is 252 Å². The van der Waals surface area contributed by atoms with E-state index in [4.69, 9.17) is 15.5 Å². The van der Waals surface area contributed by atoms with Gasteiger partial charge >= 0.3 is 0 Å². The predicted molar refractivity (Wildman–Crippen MR) is 169 cm³/mol. The molecule has 9 nitrogen and oxygen atoms in total. The van der Waals surface area contributed by atoms with Gasteiger partial charge in [0.15, 0.2) is 5.82 Å². The summed E-state index contributed by atoms with van der Waals surface area (Å²) in [6, 6.07) is 12.6. The molecule has 4 aliphatic rings. The number of fused-ring (bicyclic) bond motifs is 5. The zero-order valence-corrected chi connectivity index (χ0v) is 26.1. The molecule has 2 saturated heterocycles. The molecular weight excluding hydrogens is 562 g/mol. The molecule has 2 saturated carbocycles. The fourth-order valence-corrected chi connectivity index (χ4v) is 8.12. The van der Waals surface area contributed by atoms with E-state index in [0.717, 1.165) is 64.8 Å². The highest BCUT2D eigenvalue weighted by Gasteiger charge is 2.41. The molecular formula is C33H41N5O4S. The van der Waals surface area contributed by atoms with Gasteiger partial charge in [0, 0.05) is 49.4 Å². The maximum atomic E-state index is 13.8. The van der Waals surface area contributed by atoms with Gasteiger partial charge in [-0.2, -0.15) is 0 Å². The number of imidazole rings is 1.